The molecule has 1 atom stereocenters. The molecule has 1 aliphatic heterocycles. The molecule has 80 valence electrons. The quantitative estimate of drug-likeness (QED) is 0.562. The van der Waals surface area contributed by atoms with E-state index in [-0.39, 0.29) is 5.92 Å². The Morgan fingerprint density at radius 1 is 1.53 bits per heavy atom. The van der Waals surface area contributed by atoms with Gasteiger partial charge in [0.25, 0.3) is 0 Å². The number of aromatic nitrogens is 1. The van der Waals surface area contributed by atoms with E-state index in [1.807, 2.05) is 18.2 Å². The Labute approximate surface area is 89.6 Å². The number of hydrogen-bond donors (Lipinski definition) is 2. The zero-order valence-corrected chi connectivity index (χ0v) is 8.69. The minimum atomic E-state index is 0.195. The van der Waals surface area contributed by atoms with Crippen molar-refractivity contribution in [1.29, 1.82) is 5.41 Å². The van der Waals surface area contributed by atoms with Crippen LogP contribution in [0.1, 0.15) is 12.8 Å². The highest BCUT2D eigenvalue weighted by atomic mass is 15.2. The monoisotopic (exact) mass is 204 g/mol. The number of nitrogens with zero attached hydrogens (tertiary/aromatic N) is 2. The lowest BCUT2D eigenvalue weighted by Crippen LogP contribution is -2.41. The summed E-state index contributed by atoms with van der Waals surface area (Å²) in [5.41, 5.74) is 5.54. The fraction of sp³-hybridized carbons (Fsp3) is 0.455. The van der Waals surface area contributed by atoms with Gasteiger partial charge in [0.05, 0.1) is 5.84 Å². The molecule has 1 aliphatic rings. The average Bonchev–Trinajstić information content (AvgIpc) is 2.30. The Kier molecular flexibility index (Phi) is 2.85. The molecule has 1 unspecified atom stereocenters. The first-order valence-electron chi connectivity index (χ1n) is 5.27. The third kappa shape index (κ3) is 2.26. The van der Waals surface area contributed by atoms with Crippen molar-refractivity contribution in [2.75, 3.05) is 18.0 Å². The van der Waals surface area contributed by atoms with Gasteiger partial charge in [-0.25, -0.2) is 4.98 Å². The Balaban J connectivity index is 2.08. The van der Waals surface area contributed by atoms with Crippen LogP contribution in [0.25, 0.3) is 0 Å². The zero-order valence-electron chi connectivity index (χ0n) is 8.69. The molecule has 2 rings (SSSR count). The summed E-state index contributed by atoms with van der Waals surface area (Å²) in [6.07, 6.45) is 3.91. The van der Waals surface area contributed by atoms with Crippen LogP contribution in [0, 0.1) is 11.3 Å². The highest BCUT2D eigenvalue weighted by molar-refractivity contribution is 5.80. The second kappa shape index (κ2) is 4.29. The van der Waals surface area contributed by atoms with Gasteiger partial charge in [-0.1, -0.05) is 6.07 Å². The molecule has 4 nitrogen and oxygen atoms in total. The molecule has 0 bridgehead atoms. The van der Waals surface area contributed by atoms with E-state index >= 15 is 0 Å². The standard InChI is InChI=1S/C11H16N4/c12-11(13)9-4-3-7-15(8-9)10-5-1-2-6-14-10/h1-2,5-6,9H,3-4,7-8H2,(H3,12,13). The van der Waals surface area contributed by atoms with Gasteiger partial charge in [0.2, 0.25) is 0 Å². The van der Waals surface area contributed by atoms with Crippen LogP contribution in [0.2, 0.25) is 0 Å². The number of anilines is 1. The minimum Gasteiger partial charge on any atom is -0.387 e. The van der Waals surface area contributed by atoms with Gasteiger partial charge in [0.15, 0.2) is 0 Å². The average molecular weight is 204 g/mol. The zero-order chi connectivity index (χ0) is 10.7. The predicted molar refractivity (Wildman–Crippen MR) is 61.1 cm³/mol. The number of nitrogens with two attached hydrogens (primary N) is 1. The number of rotatable bonds is 2. The van der Waals surface area contributed by atoms with E-state index in [9.17, 15) is 0 Å². The Morgan fingerprint density at radius 2 is 2.40 bits per heavy atom. The molecule has 1 aromatic rings. The van der Waals surface area contributed by atoms with Crippen LogP contribution in [0.5, 0.6) is 0 Å². The molecule has 1 saturated heterocycles. The summed E-state index contributed by atoms with van der Waals surface area (Å²) < 4.78 is 0. The van der Waals surface area contributed by atoms with Crippen LogP contribution in [-0.4, -0.2) is 23.9 Å². The van der Waals surface area contributed by atoms with E-state index in [4.69, 9.17) is 11.1 Å². The maximum Gasteiger partial charge on any atom is 0.128 e. The van der Waals surface area contributed by atoms with Gasteiger partial charge in [-0.15, -0.1) is 0 Å². The van der Waals surface area contributed by atoms with Crippen LogP contribution < -0.4 is 10.6 Å². The van der Waals surface area contributed by atoms with Crippen molar-refractivity contribution >= 4 is 11.7 Å². The lowest BCUT2D eigenvalue weighted by molar-refractivity contribution is 0.500. The molecular formula is C11H16N4. The van der Waals surface area contributed by atoms with E-state index in [2.05, 4.69) is 9.88 Å². The van der Waals surface area contributed by atoms with E-state index in [1.165, 1.54) is 0 Å². The van der Waals surface area contributed by atoms with E-state index < -0.39 is 0 Å². The molecule has 0 saturated carbocycles. The third-order valence-corrected chi connectivity index (χ3v) is 2.83. The van der Waals surface area contributed by atoms with Gasteiger partial charge in [-0.2, -0.15) is 0 Å². The lowest BCUT2D eigenvalue weighted by atomic mass is 9.97. The SMILES string of the molecule is N=C(N)C1CCCN(c2ccccn2)C1. The van der Waals surface area contributed by atoms with Gasteiger partial charge < -0.3 is 10.6 Å². The summed E-state index contributed by atoms with van der Waals surface area (Å²) >= 11 is 0. The number of piperidine rings is 1. The van der Waals surface area contributed by atoms with Crippen molar-refractivity contribution in [2.45, 2.75) is 12.8 Å². The molecule has 2 heterocycles. The molecule has 1 fully saturated rings. The number of nitrogens with one attached hydrogen (secondary N) is 1. The molecule has 0 aliphatic carbocycles. The Morgan fingerprint density at radius 3 is 3.07 bits per heavy atom. The molecule has 0 spiro atoms. The van der Waals surface area contributed by atoms with Crippen molar-refractivity contribution in [3.8, 4) is 0 Å². The summed E-state index contributed by atoms with van der Waals surface area (Å²) in [4.78, 5) is 6.51. The van der Waals surface area contributed by atoms with Gasteiger partial charge in [0.1, 0.15) is 5.82 Å². The van der Waals surface area contributed by atoms with Gasteiger partial charge in [-0.05, 0) is 25.0 Å². The molecular weight excluding hydrogens is 188 g/mol. The van der Waals surface area contributed by atoms with Crippen molar-refractivity contribution in [3.05, 3.63) is 24.4 Å². The smallest absolute Gasteiger partial charge is 0.128 e. The molecule has 15 heavy (non-hydrogen) atoms. The minimum absolute atomic E-state index is 0.195. The second-order valence-corrected chi connectivity index (χ2v) is 3.93. The second-order valence-electron chi connectivity index (χ2n) is 3.93. The summed E-state index contributed by atoms with van der Waals surface area (Å²) in [6, 6.07) is 5.90. The van der Waals surface area contributed by atoms with Crippen LogP contribution >= 0.6 is 0 Å². The molecule has 0 amide bonds. The lowest BCUT2D eigenvalue weighted by Gasteiger charge is -2.32. The molecule has 3 N–H and O–H groups in total. The first-order valence-corrected chi connectivity index (χ1v) is 5.27. The van der Waals surface area contributed by atoms with Crippen molar-refractivity contribution < 1.29 is 0 Å². The topological polar surface area (TPSA) is 66.0 Å². The molecule has 0 aromatic carbocycles. The van der Waals surface area contributed by atoms with Crippen molar-refractivity contribution in [1.82, 2.24) is 4.98 Å². The van der Waals surface area contributed by atoms with E-state index in [0.717, 1.165) is 31.7 Å². The first kappa shape index (κ1) is 9.96. The fourth-order valence-electron chi connectivity index (χ4n) is 1.98. The third-order valence-electron chi connectivity index (χ3n) is 2.83. The highest BCUT2D eigenvalue weighted by Gasteiger charge is 2.22. The maximum atomic E-state index is 7.47. The largest absolute Gasteiger partial charge is 0.387 e. The summed E-state index contributed by atoms with van der Waals surface area (Å²) in [6.45, 7) is 1.84. The van der Waals surface area contributed by atoms with Crippen LogP contribution in [0.3, 0.4) is 0 Å². The summed E-state index contributed by atoms with van der Waals surface area (Å²) in [7, 11) is 0. The van der Waals surface area contributed by atoms with E-state index in [0.29, 0.717) is 5.84 Å². The number of pyridine rings is 1. The number of amidine groups is 1. The van der Waals surface area contributed by atoms with Gasteiger partial charge >= 0.3 is 0 Å². The molecule has 4 heteroatoms. The van der Waals surface area contributed by atoms with Crippen molar-refractivity contribution in [3.63, 3.8) is 0 Å². The molecule has 0 radical (unpaired) electrons. The highest BCUT2D eigenvalue weighted by Crippen LogP contribution is 2.20. The maximum absolute atomic E-state index is 7.47. The van der Waals surface area contributed by atoms with Crippen molar-refractivity contribution in [2.24, 2.45) is 11.7 Å². The summed E-state index contributed by atoms with van der Waals surface area (Å²) in [5.74, 6) is 1.49. The fourth-order valence-corrected chi connectivity index (χ4v) is 1.98. The van der Waals surface area contributed by atoms with Gasteiger partial charge in [0, 0.05) is 25.2 Å². The first-order chi connectivity index (χ1) is 7.27. The van der Waals surface area contributed by atoms with E-state index in [1.54, 1.807) is 6.20 Å². The van der Waals surface area contributed by atoms with Gasteiger partial charge in [-0.3, -0.25) is 5.41 Å². The molecule has 1 aromatic heterocycles. The Hall–Kier alpha value is -1.58. The van der Waals surface area contributed by atoms with Crippen LogP contribution in [0.15, 0.2) is 24.4 Å². The summed E-state index contributed by atoms with van der Waals surface area (Å²) in [5, 5.41) is 7.47. The predicted octanol–water partition coefficient (Wildman–Crippen LogP) is 1.23. The normalized spacial score (nSPS) is 21.3. The Bertz CT molecular complexity index is 336. The number of hydrogen-bond acceptors (Lipinski definition) is 3. The van der Waals surface area contributed by atoms with Crippen LogP contribution in [0.4, 0.5) is 5.82 Å². The van der Waals surface area contributed by atoms with Crippen LogP contribution in [-0.2, 0) is 0 Å².